The Labute approximate surface area is 140 Å². The van der Waals surface area contributed by atoms with Crippen LogP contribution in [0.25, 0.3) is 21.7 Å². The van der Waals surface area contributed by atoms with E-state index in [-0.39, 0.29) is 11.9 Å². The van der Waals surface area contributed by atoms with E-state index in [4.69, 9.17) is 0 Å². The molecule has 0 saturated heterocycles. The number of fused-ring (bicyclic) bond motifs is 2. The zero-order chi connectivity index (χ0) is 16.5. The van der Waals surface area contributed by atoms with Crippen LogP contribution in [0.5, 0.6) is 0 Å². The Balaban J connectivity index is 1.63. The summed E-state index contributed by atoms with van der Waals surface area (Å²) in [6.45, 7) is 2.02. The zero-order valence-electron chi connectivity index (χ0n) is 13.4. The average Bonchev–Trinajstić information content (AvgIpc) is 3.05. The standard InChI is InChI=1S/C21H18N2O/c1-14(17-11-6-9-15-7-2-4-10-18(15)17)22-21(24)20-13-16-8-3-5-12-19(16)23-20/h2-14,23H,1H3,(H,22,24)/i21+1. The third-order valence-electron chi connectivity index (χ3n) is 4.41. The monoisotopic (exact) mass is 315 g/mol. The van der Waals surface area contributed by atoms with Crippen molar-refractivity contribution in [2.75, 3.05) is 0 Å². The lowest BCUT2D eigenvalue weighted by molar-refractivity contribution is 0.0936. The van der Waals surface area contributed by atoms with Gasteiger partial charge in [0.25, 0.3) is 5.91 Å². The van der Waals surface area contributed by atoms with E-state index in [2.05, 4.69) is 34.6 Å². The van der Waals surface area contributed by atoms with Gasteiger partial charge in [0.15, 0.2) is 0 Å². The number of nitrogens with one attached hydrogen (secondary N) is 2. The van der Waals surface area contributed by atoms with Crippen molar-refractivity contribution in [3.8, 4) is 0 Å². The minimum atomic E-state index is -0.0911. The molecule has 0 fully saturated rings. The largest absolute Gasteiger partial charge is 0.351 e. The molecule has 4 aromatic rings. The van der Waals surface area contributed by atoms with Crippen LogP contribution < -0.4 is 5.32 Å². The molecule has 0 aliphatic carbocycles. The second-order valence-corrected chi connectivity index (χ2v) is 6.03. The number of benzene rings is 3. The first-order valence-electron chi connectivity index (χ1n) is 8.08. The highest BCUT2D eigenvalue weighted by Crippen LogP contribution is 2.24. The molecule has 1 aromatic heterocycles. The predicted octanol–water partition coefficient (Wildman–Crippen LogP) is 4.81. The summed E-state index contributed by atoms with van der Waals surface area (Å²) in [6.07, 6.45) is 0. The molecule has 3 aromatic carbocycles. The Morgan fingerprint density at radius 3 is 2.46 bits per heavy atom. The van der Waals surface area contributed by atoms with Crippen molar-refractivity contribution in [3.63, 3.8) is 0 Å². The fraction of sp³-hybridized carbons (Fsp3) is 0.0952. The second-order valence-electron chi connectivity index (χ2n) is 6.03. The summed E-state index contributed by atoms with van der Waals surface area (Å²) in [4.78, 5) is 15.8. The molecule has 0 aliphatic rings. The maximum absolute atomic E-state index is 12.6. The molecular formula is C21H18N2O. The first kappa shape index (κ1) is 14.5. The number of aromatic amines is 1. The second kappa shape index (κ2) is 5.85. The van der Waals surface area contributed by atoms with Crippen LogP contribution in [0.3, 0.4) is 0 Å². The van der Waals surface area contributed by atoms with Crippen molar-refractivity contribution in [2.45, 2.75) is 13.0 Å². The highest BCUT2D eigenvalue weighted by Gasteiger charge is 2.15. The maximum atomic E-state index is 12.6. The number of amides is 1. The summed E-state index contributed by atoms with van der Waals surface area (Å²) < 4.78 is 0. The quantitative estimate of drug-likeness (QED) is 0.523. The molecule has 24 heavy (non-hydrogen) atoms. The van der Waals surface area contributed by atoms with Crippen LogP contribution in [0.2, 0.25) is 0 Å². The van der Waals surface area contributed by atoms with Crippen molar-refractivity contribution >= 4 is 27.6 Å². The molecule has 0 saturated carbocycles. The van der Waals surface area contributed by atoms with Gasteiger partial charge in [-0.1, -0.05) is 60.7 Å². The van der Waals surface area contributed by atoms with Crippen molar-refractivity contribution < 1.29 is 4.79 Å². The fourth-order valence-corrected chi connectivity index (χ4v) is 3.18. The number of carbonyl (C=O) groups is 1. The number of para-hydroxylation sites is 1. The minimum Gasteiger partial charge on any atom is -0.351 e. The Kier molecular flexibility index (Phi) is 3.54. The van der Waals surface area contributed by atoms with Crippen LogP contribution >= 0.6 is 0 Å². The average molecular weight is 315 g/mol. The van der Waals surface area contributed by atoms with Crippen LogP contribution in [0.4, 0.5) is 0 Å². The number of H-pyrrole nitrogens is 1. The molecule has 3 nitrogen and oxygen atoms in total. The van der Waals surface area contributed by atoms with E-state index in [9.17, 15) is 4.79 Å². The van der Waals surface area contributed by atoms with Crippen molar-refractivity contribution in [1.82, 2.24) is 10.3 Å². The van der Waals surface area contributed by atoms with Gasteiger partial charge >= 0.3 is 0 Å². The van der Waals surface area contributed by atoms with Crippen molar-refractivity contribution in [3.05, 3.63) is 84.1 Å². The summed E-state index contributed by atoms with van der Waals surface area (Å²) in [5.74, 6) is -0.0911. The lowest BCUT2D eigenvalue weighted by Gasteiger charge is -2.16. The first-order chi connectivity index (χ1) is 11.7. The Bertz CT molecular complexity index is 994. The van der Waals surface area contributed by atoms with Crippen LogP contribution in [0.15, 0.2) is 72.8 Å². The van der Waals surface area contributed by atoms with E-state index >= 15 is 0 Å². The van der Waals surface area contributed by atoms with Crippen LogP contribution in [0, 0.1) is 0 Å². The van der Waals surface area contributed by atoms with Gasteiger partial charge in [0.05, 0.1) is 6.04 Å². The normalized spacial score (nSPS) is 12.4. The van der Waals surface area contributed by atoms with Gasteiger partial charge in [0, 0.05) is 10.9 Å². The van der Waals surface area contributed by atoms with Gasteiger partial charge in [-0.25, -0.2) is 0 Å². The lowest BCUT2D eigenvalue weighted by atomic mass is 10.00. The van der Waals surface area contributed by atoms with Gasteiger partial charge in [0.1, 0.15) is 5.69 Å². The van der Waals surface area contributed by atoms with Gasteiger partial charge in [-0.15, -0.1) is 0 Å². The molecule has 118 valence electrons. The summed E-state index contributed by atoms with van der Waals surface area (Å²) >= 11 is 0. The van der Waals surface area contributed by atoms with E-state index in [1.807, 2.05) is 55.5 Å². The number of hydrogen-bond acceptors (Lipinski definition) is 1. The molecule has 1 amide bonds. The number of carbonyl (C=O) groups excluding carboxylic acids is 1. The van der Waals surface area contributed by atoms with E-state index in [0.717, 1.165) is 16.5 Å². The van der Waals surface area contributed by atoms with E-state index in [0.29, 0.717) is 5.69 Å². The van der Waals surface area contributed by atoms with Gasteiger partial charge < -0.3 is 10.3 Å². The first-order valence-corrected chi connectivity index (χ1v) is 8.08. The SMILES string of the molecule is CC(N[13C](=O)c1cc2ccccc2[nH]1)c1cccc2ccccc12. The molecule has 0 bridgehead atoms. The fourth-order valence-electron chi connectivity index (χ4n) is 3.18. The van der Waals surface area contributed by atoms with Crippen molar-refractivity contribution in [2.24, 2.45) is 0 Å². The molecule has 4 rings (SSSR count). The highest BCUT2D eigenvalue weighted by atomic mass is 16.2. The Hall–Kier alpha value is -3.07. The van der Waals surface area contributed by atoms with E-state index < -0.39 is 0 Å². The molecule has 0 radical (unpaired) electrons. The van der Waals surface area contributed by atoms with Gasteiger partial charge in [-0.05, 0) is 35.4 Å². The number of aromatic nitrogens is 1. The maximum Gasteiger partial charge on any atom is 0.268 e. The predicted molar refractivity (Wildman–Crippen MR) is 98.1 cm³/mol. The lowest BCUT2D eigenvalue weighted by Crippen LogP contribution is -2.27. The van der Waals surface area contributed by atoms with Gasteiger partial charge in [-0.2, -0.15) is 0 Å². The third-order valence-corrected chi connectivity index (χ3v) is 4.41. The topological polar surface area (TPSA) is 44.9 Å². The molecule has 3 heteroatoms. The molecule has 1 unspecified atom stereocenters. The van der Waals surface area contributed by atoms with Gasteiger partial charge in [-0.3, -0.25) is 4.79 Å². The van der Waals surface area contributed by atoms with Gasteiger partial charge in [0.2, 0.25) is 0 Å². The molecule has 1 heterocycles. The third kappa shape index (κ3) is 2.54. The molecular weight excluding hydrogens is 297 g/mol. The zero-order valence-corrected chi connectivity index (χ0v) is 13.4. The Morgan fingerprint density at radius 1 is 0.917 bits per heavy atom. The summed E-state index contributed by atoms with van der Waals surface area (Å²) in [6, 6.07) is 24.1. The van der Waals surface area contributed by atoms with Crippen LogP contribution in [0.1, 0.15) is 29.0 Å². The smallest absolute Gasteiger partial charge is 0.268 e. The highest BCUT2D eigenvalue weighted by molar-refractivity contribution is 5.98. The number of rotatable bonds is 3. The van der Waals surface area contributed by atoms with E-state index in [1.54, 1.807) is 0 Å². The molecule has 0 aliphatic heterocycles. The van der Waals surface area contributed by atoms with E-state index in [1.165, 1.54) is 10.8 Å². The molecule has 1 atom stereocenters. The summed E-state index contributed by atoms with van der Waals surface area (Å²) in [7, 11) is 0. The molecule has 0 spiro atoms. The number of hydrogen-bond donors (Lipinski definition) is 2. The Morgan fingerprint density at radius 2 is 1.62 bits per heavy atom. The van der Waals surface area contributed by atoms with Crippen LogP contribution in [-0.4, -0.2) is 10.9 Å². The molecule has 2 N–H and O–H groups in total. The van der Waals surface area contributed by atoms with Crippen molar-refractivity contribution in [1.29, 1.82) is 0 Å². The summed E-state index contributed by atoms with van der Waals surface area (Å²) in [5.41, 5.74) is 2.68. The van der Waals surface area contributed by atoms with Crippen LogP contribution in [-0.2, 0) is 0 Å². The summed E-state index contributed by atoms with van der Waals surface area (Å²) in [5, 5.41) is 6.49. The minimum absolute atomic E-state index is 0.0741.